The van der Waals surface area contributed by atoms with Gasteiger partial charge >= 0.3 is 0 Å². The summed E-state index contributed by atoms with van der Waals surface area (Å²) < 4.78 is 39.0. The highest BCUT2D eigenvalue weighted by atomic mass is 19.2. The zero-order valence-electron chi connectivity index (χ0n) is 9.67. The molecule has 94 valence electrons. The van der Waals surface area contributed by atoms with Gasteiger partial charge in [0.25, 0.3) is 0 Å². The second-order valence-electron chi connectivity index (χ2n) is 3.85. The lowest BCUT2D eigenvalue weighted by Crippen LogP contribution is -2.05. The number of hydrogen-bond donors (Lipinski definition) is 1. The smallest absolute Gasteiger partial charge is 0.196 e. The molecule has 1 aromatic heterocycles. The zero-order chi connectivity index (χ0) is 13.1. The number of aryl methyl sites for hydroxylation is 1. The van der Waals surface area contributed by atoms with Crippen molar-refractivity contribution in [2.24, 2.45) is 0 Å². The van der Waals surface area contributed by atoms with Gasteiger partial charge < -0.3 is 5.32 Å². The van der Waals surface area contributed by atoms with Gasteiger partial charge in [-0.05, 0) is 31.2 Å². The maximum Gasteiger partial charge on any atom is 0.196 e. The van der Waals surface area contributed by atoms with Gasteiger partial charge in [-0.15, -0.1) is 0 Å². The van der Waals surface area contributed by atoms with E-state index in [1.165, 1.54) is 0 Å². The average Bonchev–Trinajstić information content (AvgIpc) is 2.35. The number of nitrogens with zero attached hydrogens (tertiary/aromatic N) is 1. The molecule has 1 aromatic carbocycles. The van der Waals surface area contributed by atoms with E-state index in [0.29, 0.717) is 5.69 Å². The normalized spacial score (nSPS) is 10.4. The van der Waals surface area contributed by atoms with Gasteiger partial charge in [0, 0.05) is 5.69 Å². The summed E-state index contributed by atoms with van der Waals surface area (Å²) in [7, 11) is 0. The second kappa shape index (κ2) is 5.08. The number of nitrogens with one attached hydrogen (secondary N) is 1. The van der Waals surface area contributed by atoms with Gasteiger partial charge in [0.15, 0.2) is 17.5 Å². The molecule has 0 atom stereocenters. The Kier molecular flexibility index (Phi) is 3.50. The van der Waals surface area contributed by atoms with Crippen molar-refractivity contribution in [1.29, 1.82) is 0 Å². The lowest BCUT2D eigenvalue weighted by molar-refractivity contribution is 0.449. The minimum atomic E-state index is -1.47. The summed E-state index contributed by atoms with van der Waals surface area (Å²) in [6.07, 6.45) is 0. The van der Waals surface area contributed by atoms with E-state index >= 15 is 0 Å². The van der Waals surface area contributed by atoms with Crippen LogP contribution in [0, 0.1) is 24.4 Å². The van der Waals surface area contributed by atoms with Gasteiger partial charge in [0.05, 0.1) is 17.9 Å². The Balaban J connectivity index is 2.14. The Morgan fingerprint density at radius 1 is 1.06 bits per heavy atom. The van der Waals surface area contributed by atoms with E-state index in [1.54, 1.807) is 6.07 Å². The monoisotopic (exact) mass is 252 g/mol. The Bertz CT molecular complexity index is 570. The fraction of sp³-hybridized carbons (Fsp3) is 0.154. The number of halogens is 3. The number of aromatic nitrogens is 1. The first-order chi connectivity index (χ1) is 8.58. The van der Waals surface area contributed by atoms with Crippen LogP contribution in [0.4, 0.5) is 18.9 Å². The van der Waals surface area contributed by atoms with Gasteiger partial charge in [0.1, 0.15) is 0 Å². The molecular formula is C13H11F3N2. The van der Waals surface area contributed by atoms with Crippen LogP contribution in [-0.4, -0.2) is 4.98 Å². The van der Waals surface area contributed by atoms with Crippen molar-refractivity contribution in [3.8, 4) is 0 Å². The highest BCUT2D eigenvalue weighted by Crippen LogP contribution is 2.20. The van der Waals surface area contributed by atoms with Crippen LogP contribution < -0.4 is 5.32 Å². The second-order valence-corrected chi connectivity index (χ2v) is 3.85. The highest BCUT2D eigenvalue weighted by molar-refractivity contribution is 5.45. The molecule has 5 heteroatoms. The first-order valence-electron chi connectivity index (χ1n) is 5.38. The molecule has 1 heterocycles. The van der Waals surface area contributed by atoms with E-state index < -0.39 is 17.5 Å². The van der Waals surface area contributed by atoms with E-state index in [0.717, 1.165) is 17.8 Å². The molecule has 0 radical (unpaired) electrons. The van der Waals surface area contributed by atoms with Crippen molar-refractivity contribution in [1.82, 2.24) is 4.98 Å². The topological polar surface area (TPSA) is 24.9 Å². The van der Waals surface area contributed by atoms with E-state index in [4.69, 9.17) is 0 Å². The highest BCUT2D eigenvalue weighted by Gasteiger charge is 2.12. The molecule has 0 aliphatic heterocycles. The molecule has 2 rings (SSSR count). The molecule has 0 fully saturated rings. The van der Waals surface area contributed by atoms with Crippen molar-refractivity contribution in [3.63, 3.8) is 0 Å². The van der Waals surface area contributed by atoms with E-state index in [2.05, 4.69) is 10.3 Å². The summed E-state index contributed by atoms with van der Waals surface area (Å²) in [5.41, 5.74) is 1.44. The zero-order valence-corrected chi connectivity index (χ0v) is 9.67. The third-order valence-corrected chi connectivity index (χ3v) is 2.44. The average molecular weight is 252 g/mol. The molecule has 0 aliphatic carbocycles. The summed E-state index contributed by atoms with van der Waals surface area (Å²) in [5.74, 6) is -3.90. The Morgan fingerprint density at radius 2 is 1.83 bits per heavy atom. The molecule has 0 unspecified atom stereocenters. The molecule has 2 nitrogen and oxygen atoms in total. The molecule has 18 heavy (non-hydrogen) atoms. The summed E-state index contributed by atoms with van der Waals surface area (Å²) in [5, 5.41) is 2.68. The summed E-state index contributed by atoms with van der Waals surface area (Å²) >= 11 is 0. The van der Waals surface area contributed by atoms with E-state index in [9.17, 15) is 13.2 Å². The number of benzene rings is 1. The van der Waals surface area contributed by atoms with Crippen LogP contribution in [0.25, 0.3) is 0 Å². The lowest BCUT2D eigenvalue weighted by Gasteiger charge is -2.08. The van der Waals surface area contributed by atoms with Gasteiger partial charge in [-0.25, -0.2) is 13.2 Å². The minimum absolute atomic E-state index is 0.0859. The van der Waals surface area contributed by atoms with Gasteiger partial charge in [-0.2, -0.15) is 0 Å². The molecule has 0 amide bonds. The van der Waals surface area contributed by atoms with Crippen LogP contribution >= 0.6 is 0 Å². The van der Waals surface area contributed by atoms with Crippen LogP contribution in [0.1, 0.15) is 11.4 Å². The van der Waals surface area contributed by atoms with Crippen LogP contribution in [-0.2, 0) is 6.54 Å². The SMILES string of the molecule is Cc1cccc(CNc2ccc(F)c(F)c2F)n1. The van der Waals surface area contributed by atoms with Crippen LogP contribution in [0.15, 0.2) is 30.3 Å². The van der Waals surface area contributed by atoms with Crippen molar-refractivity contribution >= 4 is 5.69 Å². The standard InChI is InChI=1S/C13H11F3N2/c1-8-3-2-4-9(18-8)7-17-11-6-5-10(14)12(15)13(11)16/h2-6,17H,7H2,1H3. The summed E-state index contributed by atoms with van der Waals surface area (Å²) in [6.45, 7) is 2.07. The quantitative estimate of drug-likeness (QED) is 0.847. The van der Waals surface area contributed by atoms with Gasteiger partial charge in [-0.3, -0.25) is 4.98 Å². The molecule has 0 aliphatic rings. The molecule has 0 bridgehead atoms. The van der Waals surface area contributed by atoms with E-state index in [-0.39, 0.29) is 12.2 Å². The molecule has 0 spiro atoms. The predicted octanol–water partition coefficient (Wildman–Crippen LogP) is 3.42. The van der Waals surface area contributed by atoms with Crippen molar-refractivity contribution < 1.29 is 13.2 Å². The Morgan fingerprint density at radius 3 is 2.56 bits per heavy atom. The summed E-state index contributed by atoms with van der Waals surface area (Å²) in [4.78, 5) is 4.21. The minimum Gasteiger partial charge on any atom is -0.377 e. The fourth-order valence-electron chi connectivity index (χ4n) is 1.55. The molecule has 0 saturated heterocycles. The van der Waals surface area contributed by atoms with Crippen LogP contribution in [0.3, 0.4) is 0 Å². The predicted molar refractivity (Wildman–Crippen MR) is 62.6 cm³/mol. The van der Waals surface area contributed by atoms with Crippen LogP contribution in [0.5, 0.6) is 0 Å². The Labute approximate surface area is 102 Å². The van der Waals surface area contributed by atoms with Gasteiger partial charge in [0.2, 0.25) is 0 Å². The van der Waals surface area contributed by atoms with Crippen LogP contribution in [0.2, 0.25) is 0 Å². The van der Waals surface area contributed by atoms with Gasteiger partial charge in [-0.1, -0.05) is 6.07 Å². The number of pyridine rings is 1. The molecule has 0 saturated carbocycles. The number of hydrogen-bond acceptors (Lipinski definition) is 2. The largest absolute Gasteiger partial charge is 0.377 e. The van der Waals surface area contributed by atoms with Crippen molar-refractivity contribution in [2.45, 2.75) is 13.5 Å². The third kappa shape index (κ3) is 2.61. The van der Waals surface area contributed by atoms with Crippen molar-refractivity contribution in [3.05, 3.63) is 59.2 Å². The third-order valence-electron chi connectivity index (χ3n) is 2.44. The van der Waals surface area contributed by atoms with E-state index in [1.807, 2.05) is 19.1 Å². The lowest BCUT2D eigenvalue weighted by atomic mass is 10.2. The number of rotatable bonds is 3. The Hall–Kier alpha value is -2.04. The number of anilines is 1. The van der Waals surface area contributed by atoms with Crippen molar-refractivity contribution in [2.75, 3.05) is 5.32 Å². The maximum atomic E-state index is 13.3. The fourth-order valence-corrected chi connectivity index (χ4v) is 1.55. The molecule has 1 N–H and O–H groups in total. The molecular weight excluding hydrogens is 241 g/mol. The first kappa shape index (κ1) is 12.4. The first-order valence-corrected chi connectivity index (χ1v) is 5.38. The maximum absolute atomic E-state index is 13.3. The summed E-state index contributed by atoms with van der Waals surface area (Å²) in [6, 6.07) is 7.45. The molecule has 2 aromatic rings.